The van der Waals surface area contributed by atoms with E-state index in [0.29, 0.717) is 22.3 Å². The lowest BCUT2D eigenvalue weighted by atomic mass is 9.92. The molecule has 0 bridgehead atoms. The molecule has 0 radical (unpaired) electrons. The van der Waals surface area contributed by atoms with Gasteiger partial charge in [-0.3, -0.25) is 0 Å². The van der Waals surface area contributed by atoms with Crippen molar-refractivity contribution in [3.05, 3.63) is 334 Å². The standard InChI is InChI=1S/C34H34NOSi.C33H32NOSi.C30H33FNOSi.C30H34NOSi/c1-21-12-14-24(15-13-21)25-16-17-26-28-18-22(2)23(3)33(34(28)36-31(26)19-25)30-20-32(37(5,6)7)27-10-8-9-11-29(27)35(30)4;1-21-18-27-25-17-16-24(23-12-8-7-9-13-23)19-30(25)35-33(27)32(22(21)2)29-20-31(36(4,5)6)26-14-10-11-15-28(26)34(29)3;1-17(2)23-16-27(32(5)26-12-10-21(15-24(23)26)34(6,7)8)29-19(4)18(3)13-25-22-11-9-20(31)14-28(22)33-30(25)29;1-18(2)23-17-27(31(5)26-14-13-21(16-24(23)26)33(6,7)8)29-20(4)19(3)15-25-22-11-9-10-12-28(22)32-30(25)29/h8-20H,1-7H3;7-20H,1-6H3;9-17H,1-8H3;9-18H,1-8H3/q4*+1/i;;1D3,17D;1D3,18D. The summed E-state index contributed by atoms with van der Waals surface area (Å²) in [6.07, 6.45) is 0. The summed E-state index contributed by atoms with van der Waals surface area (Å²) in [5.74, 6) is -4.01. The van der Waals surface area contributed by atoms with E-state index >= 15 is 0 Å². The van der Waals surface area contributed by atoms with E-state index in [0.717, 1.165) is 122 Å². The molecule has 2 unspecified atom stereocenters. The summed E-state index contributed by atoms with van der Waals surface area (Å²) in [5, 5.41) is 18.2. The second-order valence-electron chi connectivity index (χ2n) is 43.2. The Bertz CT molecular complexity index is 9220. The van der Waals surface area contributed by atoms with Gasteiger partial charge in [0.25, 0.3) is 0 Å². The quantitative estimate of drug-likeness (QED) is 0.0903. The summed E-state index contributed by atoms with van der Waals surface area (Å²) in [6.45, 7) is 45.4. The molecule has 8 nitrogen and oxygen atoms in total. The lowest BCUT2D eigenvalue weighted by molar-refractivity contribution is -0.633. The minimum absolute atomic E-state index is 0.369. The van der Waals surface area contributed by atoms with Crippen LogP contribution in [-0.2, 0) is 28.2 Å². The molecule has 0 saturated carbocycles. The molecule has 0 aliphatic carbocycles. The number of aromatic nitrogens is 4. The third-order valence-electron chi connectivity index (χ3n) is 29.6. The molecule has 2 atom stereocenters. The molecule has 13 heteroatoms. The van der Waals surface area contributed by atoms with Crippen molar-refractivity contribution in [2.75, 3.05) is 0 Å². The minimum atomic E-state index is -2.54. The summed E-state index contributed by atoms with van der Waals surface area (Å²) in [6, 6.07) is 92.8. The first-order chi connectivity index (χ1) is 69.5. The number of pyridine rings is 4. The fraction of sp³-hybridized carbons (Fsp3) is 0.244. The predicted molar refractivity (Wildman–Crippen MR) is 605 cm³/mol. The third kappa shape index (κ3) is 17.0. The van der Waals surface area contributed by atoms with Crippen molar-refractivity contribution in [2.24, 2.45) is 28.2 Å². The van der Waals surface area contributed by atoms with Crippen LogP contribution in [0.2, 0.25) is 78.6 Å². The van der Waals surface area contributed by atoms with Gasteiger partial charge in [0.15, 0.2) is 0 Å². The van der Waals surface area contributed by atoms with Gasteiger partial charge in [0.05, 0.1) is 54.5 Å². The van der Waals surface area contributed by atoms with Crippen LogP contribution in [0.1, 0.15) is 112 Å². The Labute approximate surface area is 839 Å². The molecular formula is C127H133FN4O4Si4+4. The van der Waals surface area contributed by atoms with Gasteiger partial charge >= 0.3 is 0 Å². The normalized spacial score (nSPS) is 14.2. The Morgan fingerprint density at radius 2 is 0.579 bits per heavy atom. The van der Waals surface area contributed by atoms with Crippen molar-refractivity contribution in [3.8, 4) is 67.3 Å². The molecule has 704 valence electrons. The zero-order chi connectivity index (χ0) is 106. The number of halogens is 1. The Kier molecular flexibility index (Phi) is 22.1. The first kappa shape index (κ1) is 85.9. The topological polar surface area (TPSA) is 68.1 Å². The molecule has 22 aromatic rings. The third-order valence-corrected chi connectivity index (χ3v) is 37.8. The van der Waals surface area contributed by atoms with Crippen molar-refractivity contribution in [2.45, 2.75) is 180 Å². The molecular weight excluding hydrogens is 1780 g/mol. The van der Waals surface area contributed by atoms with Crippen LogP contribution >= 0.6 is 0 Å². The highest BCUT2D eigenvalue weighted by Gasteiger charge is 2.36. The van der Waals surface area contributed by atoms with E-state index < -0.39 is 57.8 Å². The van der Waals surface area contributed by atoms with Crippen LogP contribution in [0, 0.1) is 68.1 Å². The number of nitrogens with zero attached hydrogens (tertiary/aromatic N) is 4. The van der Waals surface area contributed by atoms with Crippen LogP contribution in [0.15, 0.2) is 285 Å². The molecule has 0 N–H and O–H groups in total. The monoisotopic (exact) mass is 1920 g/mol. The molecule has 22 rings (SSSR count). The van der Waals surface area contributed by atoms with E-state index in [1.165, 1.54) is 163 Å². The molecule has 8 aromatic heterocycles. The smallest absolute Gasteiger partial charge is 0.217 e. The van der Waals surface area contributed by atoms with Gasteiger partial charge in [0.1, 0.15) is 78.7 Å². The van der Waals surface area contributed by atoms with Crippen LogP contribution < -0.4 is 39.0 Å². The number of furan rings is 4. The Morgan fingerprint density at radius 1 is 0.271 bits per heavy atom. The van der Waals surface area contributed by atoms with Crippen molar-refractivity contribution in [1.82, 2.24) is 0 Å². The average Bonchev–Trinajstić information content (AvgIpc) is 0.893. The lowest BCUT2D eigenvalue weighted by Gasteiger charge is -2.20. The molecule has 8 heterocycles. The first-order valence-corrected chi connectivity index (χ1v) is 62.9. The fourth-order valence-corrected chi connectivity index (χ4v) is 26.5. The highest BCUT2D eigenvalue weighted by molar-refractivity contribution is 6.91. The van der Waals surface area contributed by atoms with Crippen LogP contribution in [0.4, 0.5) is 4.39 Å². The number of benzene rings is 14. The van der Waals surface area contributed by atoms with Gasteiger partial charge < -0.3 is 17.7 Å². The molecule has 0 aliphatic heterocycles. The van der Waals surface area contributed by atoms with E-state index in [1.807, 2.05) is 64.3 Å². The van der Waals surface area contributed by atoms with Crippen molar-refractivity contribution in [3.63, 3.8) is 0 Å². The number of aryl methyl sites for hydroxylation is 9. The molecule has 0 amide bonds. The maximum Gasteiger partial charge on any atom is 0.217 e. The molecule has 0 spiro atoms. The number of hydrogen-bond donors (Lipinski definition) is 0. The predicted octanol–water partition coefficient (Wildman–Crippen LogP) is 31.6. The Morgan fingerprint density at radius 3 is 0.950 bits per heavy atom. The highest BCUT2D eigenvalue weighted by Crippen LogP contribution is 2.47. The van der Waals surface area contributed by atoms with E-state index in [9.17, 15) is 4.39 Å². The molecule has 0 saturated heterocycles. The van der Waals surface area contributed by atoms with Crippen LogP contribution in [0.3, 0.4) is 0 Å². The molecule has 14 aromatic carbocycles. The lowest BCUT2D eigenvalue weighted by Crippen LogP contribution is -2.43. The number of para-hydroxylation sites is 3. The van der Waals surface area contributed by atoms with Crippen LogP contribution in [0.5, 0.6) is 0 Å². The zero-order valence-corrected chi connectivity index (χ0v) is 90.2. The molecule has 140 heavy (non-hydrogen) atoms. The maximum atomic E-state index is 14.1. The van der Waals surface area contributed by atoms with Gasteiger partial charge in [-0.15, -0.1) is 0 Å². The van der Waals surface area contributed by atoms with Gasteiger partial charge in [-0.25, -0.2) is 4.39 Å². The maximum absolute atomic E-state index is 14.1. The summed E-state index contributed by atoms with van der Waals surface area (Å²) in [5.41, 5.74) is 35.4. The van der Waals surface area contributed by atoms with Gasteiger partial charge in [-0.1, -0.05) is 243 Å². The number of rotatable bonds is 12. The highest BCUT2D eigenvalue weighted by atomic mass is 28.3. The van der Waals surface area contributed by atoms with Gasteiger partial charge in [0.2, 0.25) is 44.8 Å². The second-order valence-corrected chi connectivity index (χ2v) is 63.5. The van der Waals surface area contributed by atoms with E-state index in [-0.39, 0.29) is 5.82 Å². The van der Waals surface area contributed by atoms with Crippen LogP contribution in [-0.4, -0.2) is 32.3 Å². The Balaban J connectivity index is 0.000000124. The van der Waals surface area contributed by atoms with Crippen molar-refractivity contribution in [1.29, 1.82) is 0 Å². The van der Waals surface area contributed by atoms with Crippen molar-refractivity contribution >= 4 is 184 Å². The van der Waals surface area contributed by atoms with Gasteiger partial charge in [-0.05, 0) is 253 Å². The van der Waals surface area contributed by atoms with Crippen molar-refractivity contribution < 1.29 is 51.3 Å². The van der Waals surface area contributed by atoms with E-state index in [1.54, 1.807) is 6.07 Å². The Hall–Kier alpha value is -13.3. The summed E-state index contributed by atoms with van der Waals surface area (Å²) in [7, 11) is 1.77. The number of hydrogen-bond acceptors (Lipinski definition) is 4. The first-order valence-electron chi connectivity index (χ1n) is 52.9. The SMILES string of the molecule is Cc1cc2c(oc3cc(-c4ccccc4)ccc32)c(-c2cc([Si](C)(C)C)c3ccccc3[n+]2C)c1C.Cc1ccc(-c2ccc3c(c2)oc2c(-c4cc([Si](C)(C)C)c5ccccc5[n+]4C)c(C)c(C)cc23)cc1.[2H]C([2H])([2H])C([2H])(C)c1cc(-c2c(C)c(C)cc3c2oc2cc(F)ccc23)[n+](C)c2ccc([Si](C)(C)C)cc12.[2H]C([2H])([2H])C([2H])(C)c1cc(-c2c(C)c(C)cc3c2oc2ccccc23)[n+](C)c2ccc([Si](C)(C)C)cc12. The summed E-state index contributed by atoms with van der Waals surface area (Å²) >= 11 is 0. The van der Waals surface area contributed by atoms with Gasteiger partial charge in [0, 0.05) is 130 Å². The molecule has 0 aliphatic rings. The minimum Gasteiger partial charge on any atom is -0.455 e. The summed E-state index contributed by atoms with van der Waals surface area (Å²) in [4.78, 5) is 0. The zero-order valence-electron chi connectivity index (χ0n) is 94.2. The van der Waals surface area contributed by atoms with E-state index in [4.69, 9.17) is 28.6 Å². The number of fused-ring (bicyclic) bond motifs is 16. The van der Waals surface area contributed by atoms with E-state index in [2.05, 4.69) is 372 Å². The average molecular weight is 1920 g/mol. The second kappa shape index (κ2) is 36.1. The van der Waals surface area contributed by atoms with Crippen LogP contribution in [0.25, 0.3) is 199 Å². The fourth-order valence-electron chi connectivity index (χ4n) is 21.0. The van der Waals surface area contributed by atoms with Gasteiger partial charge in [-0.2, -0.15) is 18.3 Å². The largest absolute Gasteiger partial charge is 0.455 e. The molecule has 0 fully saturated rings. The summed E-state index contributed by atoms with van der Waals surface area (Å²) < 4.78 is 117.